The normalized spacial score (nSPS) is 19.7. The van der Waals surface area contributed by atoms with Crippen LogP contribution in [0.3, 0.4) is 0 Å². The summed E-state index contributed by atoms with van der Waals surface area (Å²) in [5, 5.41) is 5.62. The molecule has 3 rings (SSSR count). The van der Waals surface area contributed by atoms with Gasteiger partial charge in [-0.1, -0.05) is 18.2 Å². The van der Waals surface area contributed by atoms with E-state index in [-0.39, 0.29) is 11.9 Å². The highest BCUT2D eigenvalue weighted by Gasteiger charge is 2.36. The fraction of sp³-hybridized carbons (Fsp3) is 0.522. The van der Waals surface area contributed by atoms with Crippen molar-refractivity contribution in [3.63, 3.8) is 0 Å². The minimum absolute atomic E-state index is 0.117. The van der Waals surface area contributed by atoms with E-state index in [0.29, 0.717) is 68.3 Å². The van der Waals surface area contributed by atoms with Crippen LogP contribution < -0.4 is 15.4 Å². The van der Waals surface area contributed by atoms with Crippen LogP contribution in [0.15, 0.2) is 35.5 Å². The van der Waals surface area contributed by atoms with Gasteiger partial charge in [0, 0.05) is 17.8 Å². The Morgan fingerprint density at radius 2 is 1.84 bits per heavy atom. The zero-order valence-electron chi connectivity index (χ0n) is 18.8. The summed E-state index contributed by atoms with van der Waals surface area (Å²) in [5.74, 6) is -0.207. The number of likely N-dealkylation sites (tertiary alicyclic amines) is 1. The van der Waals surface area contributed by atoms with Gasteiger partial charge in [-0.25, -0.2) is 9.59 Å². The maximum absolute atomic E-state index is 12.8. The van der Waals surface area contributed by atoms with E-state index >= 15 is 0 Å². The molecule has 2 amide bonds. The standard InChI is InChI=1S/C23H31N3O6/c1-4-31-18-9-7-6-8-16(18)20-19(22(28)30-3)17(24-23(29)25-20)14-26-12-10-15(11-13-26)21(27)32-5-2/h6-9,15,20H,4-5,10-14H2,1-3H3,(H2,24,25,29). The summed E-state index contributed by atoms with van der Waals surface area (Å²) in [4.78, 5) is 39.4. The number of rotatable bonds is 8. The quantitative estimate of drug-likeness (QED) is 0.591. The first kappa shape index (κ1) is 23.6. The number of hydrogen-bond donors (Lipinski definition) is 2. The largest absolute Gasteiger partial charge is 0.494 e. The van der Waals surface area contributed by atoms with Gasteiger partial charge in [-0.15, -0.1) is 0 Å². The number of benzene rings is 1. The molecule has 1 saturated heterocycles. The van der Waals surface area contributed by atoms with Crippen molar-refractivity contribution in [2.24, 2.45) is 5.92 Å². The molecule has 1 unspecified atom stereocenters. The van der Waals surface area contributed by atoms with E-state index in [0.717, 1.165) is 0 Å². The third-order valence-corrected chi connectivity index (χ3v) is 5.68. The average Bonchev–Trinajstić information content (AvgIpc) is 2.79. The Bertz CT molecular complexity index is 876. The Morgan fingerprint density at radius 1 is 1.12 bits per heavy atom. The number of amides is 2. The second kappa shape index (κ2) is 11.0. The first-order valence-corrected chi connectivity index (χ1v) is 11.0. The highest BCUT2D eigenvalue weighted by molar-refractivity contribution is 5.95. The molecule has 0 aliphatic carbocycles. The number of carbonyl (C=O) groups is 3. The van der Waals surface area contributed by atoms with Crippen LogP contribution in [0.5, 0.6) is 5.75 Å². The van der Waals surface area contributed by atoms with Crippen molar-refractivity contribution in [3.8, 4) is 5.75 Å². The Labute approximate surface area is 188 Å². The summed E-state index contributed by atoms with van der Waals surface area (Å²) < 4.78 is 15.9. The molecule has 1 atom stereocenters. The SMILES string of the molecule is CCOC(=O)C1CCN(CC2=C(C(=O)OC)C(c3ccccc3OCC)NC(=O)N2)CC1. The Morgan fingerprint density at radius 3 is 2.50 bits per heavy atom. The van der Waals surface area contributed by atoms with Gasteiger partial charge < -0.3 is 24.8 Å². The molecule has 0 bridgehead atoms. The first-order chi connectivity index (χ1) is 15.5. The summed E-state index contributed by atoms with van der Waals surface area (Å²) >= 11 is 0. The van der Waals surface area contributed by atoms with Gasteiger partial charge in [0.05, 0.1) is 37.9 Å². The minimum Gasteiger partial charge on any atom is -0.494 e. The van der Waals surface area contributed by atoms with Crippen LogP contribution in [-0.2, 0) is 19.1 Å². The van der Waals surface area contributed by atoms with Gasteiger partial charge in [-0.05, 0) is 45.8 Å². The predicted molar refractivity (Wildman–Crippen MR) is 117 cm³/mol. The molecule has 9 heteroatoms. The van der Waals surface area contributed by atoms with E-state index in [9.17, 15) is 14.4 Å². The number of methoxy groups -OCH3 is 1. The highest BCUT2D eigenvalue weighted by Crippen LogP contribution is 2.34. The van der Waals surface area contributed by atoms with Gasteiger partial charge in [0.1, 0.15) is 5.75 Å². The molecule has 2 N–H and O–H groups in total. The van der Waals surface area contributed by atoms with Gasteiger partial charge in [0.15, 0.2) is 0 Å². The summed E-state index contributed by atoms with van der Waals surface area (Å²) in [5.41, 5.74) is 1.52. The molecule has 0 radical (unpaired) electrons. The molecule has 32 heavy (non-hydrogen) atoms. The molecule has 0 aromatic heterocycles. The molecular formula is C23H31N3O6. The Balaban J connectivity index is 1.86. The lowest BCUT2D eigenvalue weighted by atomic mass is 9.93. The van der Waals surface area contributed by atoms with Crippen molar-refractivity contribution in [1.82, 2.24) is 15.5 Å². The van der Waals surface area contributed by atoms with Gasteiger partial charge in [-0.2, -0.15) is 0 Å². The number of nitrogens with one attached hydrogen (secondary N) is 2. The van der Waals surface area contributed by atoms with E-state index in [2.05, 4.69) is 15.5 Å². The van der Waals surface area contributed by atoms with Crippen molar-refractivity contribution in [2.75, 3.05) is 40.0 Å². The summed E-state index contributed by atoms with van der Waals surface area (Å²) in [6, 6.07) is 6.21. The fourth-order valence-corrected chi connectivity index (χ4v) is 4.14. The molecule has 0 saturated carbocycles. The van der Waals surface area contributed by atoms with Crippen LogP contribution in [-0.4, -0.2) is 62.8 Å². The molecule has 2 heterocycles. The number of hydrogen-bond acceptors (Lipinski definition) is 7. The molecule has 9 nitrogen and oxygen atoms in total. The maximum atomic E-state index is 12.8. The lowest BCUT2D eigenvalue weighted by molar-refractivity contribution is -0.149. The lowest BCUT2D eigenvalue weighted by Gasteiger charge is -2.35. The number of nitrogens with zero attached hydrogens (tertiary/aromatic N) is 1. The fourth-order valence-electron chi connectivity index (χ4n) is 4.14. The van der Waals surface area contributed by atoms with Crippen molar-refractivity contribution in [2.45, 2.75) is 32.7 Å². The number of urea groups is 1. The summed E-state index contributed by atoms with van der Waals surface area (Å²) in [6.07, 6.45) is 1.34. The van der Waals surface area contributed by atoms with E-state index in [1.54, 1.807) is 6.92 Å². The van der Waals surface area contributed by atoms with Gasteiger partial charge in [-0.3, -0.25) is 9.69 Å². The van der Waals surface area contributed by atoms with Crippen LogP contribution >= 0.6 is 0 Å². The third kappa shape index (κ3) is 5.40. The van der Waals surface area contributed by atoms with Crippen molar-refractivity contribution < 1.29 is 28.6 Å². The van der Waals surface area contributed by atoms with E-state index in [4.69, 9.17) is 14.2 Å². The number of ether oxygens (including phenoxy) is 3. The van der Waals surface area contributed by atoms with Crippen molar-refractivity contribution in [1.29, 1.82) is 0 Å². The Hall–Kier alpha value is -3.07. The number of carbonyl (C=O) groups excluding carboxylic acids is 3. The second-order valence-electron chi connectivity index (χ2n) is 7.69. The average molecular weight is 446 g/mol. The second-order valence-corrected chi connectivity index (χ2v) is 7.69. The van der Waals surface area contributed by atoms with Gasteiger partial charge >= 0.3 is 18.0 Å². The Kier molecular flexibility index (Phi) is 8.10. The third-order valence-electron chi connectivity index (χ3n) is 5.68. The van der Waals surface area contributed by atoms with Crippen LogP contribution in [0.4, 0.5) is 4.79 Å². The van der Waals surface area contributed by atoms with Crippen LogP contribution in [0, 0.1) is 5.92 Å². The van der Waals surface area contributed by atoms with Gasteiger partial charge in [0.25, 0.3) is 0 Å². The highest BCUT2D eigenvalue weighted by atomic mass is 16.5. The zero-order valence-corrected chi connectivity index (χ0v) is 18.8. The summed E-state index contributed by atoms with van der Waals surface area (Å²) in [7, 11) is 1.32. The molecule has 1 aromatic rings. The molecule has 2 aliphatic heterocycles. The number of para-hydroxylation sites is 1. The molecule has 2 aliphatic rings. The molecule has 1 aromatic carbocycles. The first-order valence-electron chi connectivity index (χ1n) is 11.0. The topological polar surface area (TPSA) is 106 Å². The van der Waals surface area contributed by atoms with E-state index < -0.39 is 18.0 Å². The van der Waals surface area contributed by atoms with Crippen LogP contribution in [0.2, 0.25) is 0 Å². The summed E-state index contributed by atoms with van der Waals surface area (Å²) in [6.45, 7) is 6.18. The van der Waals surface area contributed by atoms with E-state index in [1.807, 2.05) is 31.2 Å². The predicted octanol–water partition coefficient (Wildman–Crippen LogP) is 2.14. The molecule has 1 fully saturated rings. The molecular weight excluding hydrogens is 414 g/mol. The maximum Gasteiger partial charge on any atom is 0.338 e. The smallest absolute Gasteiger partial charge is 0.338 e. The zero-order chi connectivity index (χ0) is 23.1. The van der Waals surface area contributed by atoms with Crippen LogP contribution in [0.25, 0.3) is 0 Å². The number of esters is 2. The van der Waals surface area contributed by atoms with Crippen molar-refractivity contribution in [3.05, 3.63) is 41.1 Å². The molecule has 0 spiro atoms. The minimum atomic E-state index is -0.703. The number of piperidine rings is 1. The van der Waals surface area contributed by atoms with Gasteiger partial charge in [0.2, 0.25) is 0 Å². The molecule has 174 valence electrons. The van der Waals surface area contributed by atoms with Crippen molar-refractivity contribution >= 4 is 18.0 Å². The monoisotopic (exact) mass is 445 g/mol. The van der Waals surface area contributed by atoms with Crippen LogP contribution in [0.1, 0.15) is 38.3 Å². The van der Waals surface area contributed by atoms with E-state index in [1.165, 1.54) is 7.11 Å². The lowest BCUT2D eigenvalue weighted by Crippen LogP contribution is -2.49.